The number of amides is 1. The van der Waals surface area contributed by atoms with E-state index >= 15 is 0 Å². The number of benzene rings is 2. The number of rotatable bonds is 8. The molecular weight excluding hydrogens is 406 g/mol. The molecule has 0 saturated heterocycles. The molecule has 168 valence electrons. The molecule has 0 radical (unpaired) electrons. The fourth-order valence-corrected chi connectivity index (χ4v) is 3.81. The number of hydrogen-bond donors (Lipinski definition) is 4. The van der Waals surface area contributed by atoms with Gasteiger partial charge in [-0.25, -0.2) is 13.6 Å². The number of ether oxygens (including phenoxy) is 1. The zero-order valence-corrected chi connectivity index (χ0v) is 17.6. The van der Waals surface area contributed by atoms with Crippen LogP contribution < -0.4 is 15.4 Å². The van der Waals surface area contributed by atoms with E-state index in [1.54, 1.807) is 0 Å². The molecule has 1 amide bonds. The molecule has 0 aliphatic carbocycles. The lowest BCUT2D eigenvalue weighted by Gasteiger charge is -2.30. The molecule has 8 heteroatoms. The van der Waals surface area contributed by atoms with E-state index in [4.69, 9.17) is 9.84 Å². The van der Waals surface area contributed by atoms with E-state index in [-0.39, 0.29) is 24.6 Å². The van der Waals surface area contributed by atoms with Crippen LogP contribution >= 0.6 is 0 Å². The first-order valence-electron chi connectivity index (χ1n) is 10.4. The lowest BCUT2D eigenvalue weighted by atomic mass is 9.94. The van der Waals surface area contributed by atoms with Gasteiger partial charge >= 0.3 is 6.09 Å². The van der Waals surface area contributed by atoms with Crippen molar-refractivity contribution in [1.82, 2.24) is 10.6 Å². The number of hydrogen-bond acceptors (Lipinski definition) is 4. The Labute approximate surface area is 180 Å². The van der Waals surface area contributed by atoms with E-state index in [0.717, 1.165) is 29.5 Å². The zero-order valence-electron chi connectivity index (χ0n) is 17.6. The summed E-state index contributed by atoms with van der Waals surface area (Å²) in [5.74, 6) is -0.361. The van der Waals surface area contributed by atoms with E-state index < -0.39 is 29.9 Å². The van der Waals surface area contributed by atoms with Gasteiger partial charge in [0, 0.05) is 30.6 Å². The minimum Gasteiger partial charge on any atom is -0.493 e. The number of carboxylic acid groups (broad SMARTS) is 1. The van der Waals surface area contributed by atoms with Gasteiger partial charge in [0.2, 0.25) is 0 Å². The van der Waals surface area contributed by atoms with Crippen molar-refractivity contribution in [3.8, 4) is 5.75 Å². The van der Waals surface area contributed by atoms with Crippen LogP contribution in [-0.2, 0) is 6.42 Å². The summed E-state index contributed by atoms with van der Waals surface area (Å²) in [5.41, 5.74) is 2.43. The quantitative estimate of drug-likeness (QED) is 0.508. The monoisotopic (exact) mass is 434 g/mol. The van der Waals surface area contributed by atoms with Gasteiger partial charge in [-0.3, -0.25) is 0 Å². The van der Waals surface area contributed by atoms with E-state index in [0.29, 0.717) is 18.9 Å². The second-order valence-electron chi connectivity index (χ2n) is 8.16. The highest BCUT2D eigenvalue weighted by Crippen LogP contribution is 2.34. The summed E-state index contributed by atoms with van der Waals surface area (Å²) in [6, 6.07) is 8.07. The summed E-state index contributed by atoms with van der Waals surface area (Å²) >= 11 is 0. The van der Waals surface area contributed by atoms with Crippen molar-refractivity contribution in [2.75, 3.05) is 13.2 Å². The lowest BCUT2D eigenvalue weighted by molar-refractivity contribution is 0.112. The number of aliphatic hydroxyl groups is 1. The van der Waals surface area contributed by atoms with Crippen molar-refractivity contribution in [3.05, 3.63) is 64.7 Å². The first-order chi connectivity index (χ1) is 14.7. The fourth-order valence-electron chi connectivity index (χ4n) is 3.81. The predicted molar refractivity (Wildman–Crippen MR) is 112 cm³/mol. The molecule has 0 unspecified atom stereocenters. The largest absolute Gasteiger partial charge is 0.493 e. The third-order valence-electron chi connectivity index (χ3n) is 5.46. The average molecular weight is 434 g/mol. The van der Waals surface area contributed by atoms with E-state index in [9.17, 15) is 18.7 Å². The van der Waals surface area contributed by atoms with Crippen molar-refractivity contribution < 1.29 is 28.5 Å². The molecule has 1 heterocycles. The maximum absolute atomic E-state index is 13.5. The minimum absolute atomic E-state index is 0.0499. The zero-order chi connectivity index (χ0) is 22.5. The molecule has 3 atom stereocenters. The molecule has 0 bridgehead atoms. The predicted octanol–water partition coefficient (Wildman–Crippen LogP) is 3.74. The second kappa shape index (κ2) is 10.1. The minimum atomic E-state index is -1.32. The average Bonchev–Trinajstić information content (AvgIpc) is 2.70. The van der Waals surface area contributed by atoms with E-state index in [2.05, 4.69) is 30.5 Å². The Morgan fingerprint density at radius 1 is 1.19 bits per heavy atom. The molecule has 2 aromatic rings. The van der Waals surface area contributed by atoms with Gasteiger partial charge in [0.25, 0.3) is 0 Å². The highest BCUT2D eigenvalue weighted by atomic mass is 19.1. The number of nitrogens with one attached hydrogen (secondary N) is 2. The Hall–Kier alpha value is -2.71. The number of fused-ring (bicyclic) bond motifs is 1. The first kappa shape index (κ1) is 23.0. The van der Waals surface area contributed by atoms with Crippen LogP contribution in [0.4, 0.5) is 13.6 Å². The SMILES string of the molecule is CC(C)c1ccc2c(c1)[C@@H](NC[C@@H](O)[C@H](Cc1cc(F)cc(F)c1)NC(=O)O)CCO2. The third kappa shape index (κ3) is 6.15. The van der Waals surface area contributed by atoms with Crippen molar-refractivity contribution in [3.63, 3.8) is 0 Å². The normalized spacial score (nSPS) is 17.5. The molecule has 0 spiro atoms. The molecule has 1 aliphatic heterocycles. The molecule has 31 heavy (non-hydrogen) atoms. The van der Waals surface area contributed by atoms with Crippen LogP contribution in [0.25, 0.3) is 0 Å². The Morgan fingerprint density at radius 3 is 2.55 bits per heavy atom. The molecule has 0 saturated carbocycles. The van der Waals surface area contributed by atoms with Crippen LogP contribution in [0.5, 0.6) is 5.75 Å². The maximum atomic E-state index is 13.5. The summed E-state index contributed by atoms with van der Waals surface area (Å²) < 4.78 is 32.7. The Balaban J connectivity index is 1.70. The molecular formula is C23H28F2N2O4. The van der Waals surface area contributed by atoms with Crippen LogP contribution in [-0.4, -0.2) is 41.6 Å². The Kier molecular flexibility index (Phi) is 7.46. The van der Waals surface area contributed by atoms with Crippen LogP contribution in [0.1, 0.15) is 48.9 Å². The van der Waals surface area contributed by atoms with Gasteiger partial charge in [0.15, 0.2) is 0 Å². The van der Waals surface area contributed by atoms with Crippen LogP contribution in [0.3, 0.4) is 0 Å². The molecule has 6 nitrogen and oxygen atoms in total. The fraction of sp³-hybridized carbons (Fsp3) is 0.435. The number of halogens is 2. The molecule has 3 rings (SSSR count). The second-order valence-corrected chi connectivity index (χ2v) is 8.16. The van der Waals surface area contributed by atoms with Crippen LogP contribution in [0.15, 0.2) is 36.4 Å². The van der Waals surface area contributed by atoms with Gasteiger partial charge in [-0.2, -0.15) is 0 Å². The lowest BCUT2D eigenvalue weighted by Crippen LogP contribution is -2.49. The summed E-state index contributed by atoms with van der Waals surface area (Å²) in [7, 11) is 0. The molecule has 0 fully saturated rings. The first-order valence-corrected chi connectivity index (χ1v) is 10.4. The summed E-state index contributed by atoms with van der Waals surface area (Å²) in [5, 5.41) is 25.4. The molecule has 1 aliphatic rings. The number of aliphatic hydroxyl groups excluding tert-OH is 1. The van der Waals surface area contributed by atoms with Gasteiger partial charge in [-0.05, 0) is 41.7 Å². The van der Waals surface area contributed by atoms with Crippen molar-refractivity contribution in [2.24, 2.45) is 0 Å². The highest BCUT2D eigenvalue weighted by molar-refractivity contribution is 5.65. The van der Waals surface area contributed by atoms with Gasteiger partial charge in [0.05, 0.1) is 18.8 Å². The third-order valence-corrected chi connectivity index (χ3v) is 5.46. The van der Waals surface area contributed by atoms with Gasteiger partial charge in [0.1, 0.15) is 17.4 Å². The standard InChI is InChI=1S/C23H28F2N2O4/c1-13(2)15-3-4-22-18(10-15)19(5-6-31-22)26-12-21(28)20(27-23(29)30)9-14-7-16(24)11-17(25)8-14/h3-4,7-8,10-11,13,19-21,26-28H,5-6,9,12H2,1-2H3,(H,29,30)/t19-,20-,21+/m0/s1. The van der Waals surface area contributed by atoms with Gasteiger partial charge in [-0.1, -0.05) is 26.0 Å². The van der Waals surface area contributed by atoms with Crippen molar-refractivity contribution in [1.29, 1.82) is 0 Å². The summed E-state index contributed by atoms with van der Waals surface area (Å²) in [6.45, 7) is 4.84. The van der Waals surface area contributed by atoms with Crippen LogP contribution in [0.2, 0.25) is 0 Å². The Bertz CT molecular complexity index is 902. The molecule has 0 aromatic heterocycles. The van der Waals surface area contributed by atoms with E-state index in [1.165, 1.54) is 5.56 Å². The smallest absolute Gasteiger partial charge is 0.404 e. The summed E-state index contributed by atoms with van der Waals surface area (Å²) in [4.78, 5) is 11.2. The molecule has 2 aromatic carbocycles. The maximum Gasteiger partial charge on any atom is 0.404 e. The van der Waals surface area contributed by atoms with E-state index in [1.807, 2.05) is 12.1 Å². The van der Waals surface area contributed by atoms with Crippen LogP contribution in [0, 0.1) is 11.6 Å². The van der Waals surface area contributed by atoms with Crippen molar-refractivity contribution >= 4 is 6.09 Å². The summed E-state index contributed by atoms with van der Waals surface area (Å²) in [6.07, 6.45) is -1.78. The number of carbonyl (C=O) groups is 1. The Morgan fingerprint density at radius 2 is 1.90 bits per heavy atom. The van der Waals surface area contributed by atoms with Crippen molar-refractivity contribution in [2.45, 2.75) is 50.8 Å². The van der Waals surface area contributed by atoms with Gasteiger partial charge < -0.3 is 25.6 Å². The van der Waals surface area contributed by atoms with Gasteiger partial charge in [-0.15, -0.1) is 0 Å². The molecule has 4 N–H and O–H groups in total. The topological polar surface area (TPSA) is 90.8 Å². The highest BCUT2D eigenvalue weighted by Gasteiger charge is 2.26.